The molecule has 2 rings (SSSR count). The van der Waals surface area contributed by atoms with Crippen molar-refractivity contribution >= 4 is 5.87 Å². The molecule has 0 bridgehead atoms. The minimum atomic E-state index is 1.11. The second-order valence-corrected chi connectivity index (χ2v) is 2.55. The van der Waals surface area contributed by atoms with Gasteiger partial charge in [-0.1, -0.05) is 0 Å². The molecule has 0 unspecified atom stereocenters. The molecule has 0 radical (unpaired) electrons. The molecule has 0 amide bonds. The van der Waals surface area contributed by atoms with Crippen LogP contribution in [0.15, 0.2) is 47.4 Å². The summed E-state index contributed by atoms with van der Waals surface area (Å²) in [7, 11) is 1.96. The topological polar surface area (TPSA) is 3.01 Å². The van der Waals surface area contributed by atoms with Gasteiger partial charge in [0, 0.05) is 17.7 Å². The molecule has 0 saturated carbocycles. The van der Waals surface area contributed by atoms with E-state index in [1.54, 1.807) is 0 Å². The molecule has 1 aliphatic carbocycles. The summed E-state index contributed by atoms with van der Waals surface area (Å²) in [5.41, 5.74) is 5.34. The second kappa shape index (κ2) is 2.25. The zero-order valence-corrected chi connectivity index (χ0v) is 6.33. The minimum absolute atomic E-state index is 1.11. The Labute approximate surface area is 65.7 Å². The van der Waals surface area contributed by atoms with Gasteiger partial charge in [-0.3, -0.25) is 0 Å². The van der Waals surface area contributed by atoms with Crippen molar-refractivity contribution in [3.63, 3.8) is 0 Å². The Bertz CT molecular complexity index is 379. The van der Waals surface area contributed by atoms with E-state index in [-0.39, 0.29) is 0 Å². The van der Waals surface area contributed by atoms with E-state index in [1.165, 1.54) is 5.57 Å². The summed E-state index contributed by atoms with van der Waals surface area (Å²) in [6, 6.07) is 0. The molecule has 0 aromatic heterocycles. The smallest absolute Gasteiger partial charge is 0.159 e. The highest BCUT2D eigenvalue weighted by molar-refractivity contribution is 5.71. The summed E-state index contributed by atoms with van der Waals surface area (Å²) in [4.78, 5) is 0. The lowest BCUT2D eigenvalue weighted by molar-refractivity contribution is -0.414. The Morgan fingerprint density at radius 2 is 2.36 bits per heavy atom. The molecule has 2 aliphatic rings. The molecular weight excluding hydrogens is 134 g/mol. The van der Waals surface area contributed by atoms with Crippen molar-refractivity contribution in [1.82, 2.24) is 0 Å². The fourth-order valence-corrected chi connectivity index (χ4v) is 1.10. The van der Waals surface area contributed by atoms with E-state index in [9.17, 15) is 0 Å². The summed E-state index contributed by atoms with van der Waals surface area (Å²) >= 11 is 0. The highest BCUT2D eigenvalue weighted by Gasteiger charge is 2.07. The number of hydrogen-bond acceptors (Lipinski definition) is 0. The van der Waals surface area contributed by atoms with Crippen molar-refractivity contribution in [3.05, 3.63) is 47.4 Å². The zero-order valence-electron chi connectivity index (χ0n) is 6.33. The van der Waals surface area contributed by atoms with Gasteiger partial charge in [0.2, 0.25) is 0 Å². The average Bonchev–Trinajstić information content (AvgIpc) is 2.04. The Hall–Kier alpha value is -1.55. The van der Waals surface area contributed by atoms with Gasteiger partial charge in [0.25, 0.3) is 0 Å². The monoisotopic (exact) mass is 142 g/mol. The van der Waals surface area contributed by atoms with Crippen LogP contribution in [0.1, 0.15) is 0 Å². The Kier molecular flexibility index (Phi) is 1.26. The molecule has 1 aliphatic heterocycles. The fourth-order valence-electron chi connectivity index (χ4n) is 1.10. The van der Waals surface area contributed by atoms with Crippen LogP contribution in [-0.4, -0.2) is 17.5 Å². The average molecular weight is 142 g/mol. The van der Waals surface area contributed by atoms with Crippen molar-refractivity contribution in [2.24, 2.45) is 0 Å². The highest BCUT2D eigenvalue weighted by Crippen LogP contribution is 2.14. The molecule has 0 spiro atoms. The molecule has 0 atom stereocenters. The molecule has 1 heteroatoms. The van der Waals surface area contributed by atoms with Gasteiger partial charge in [-0.05, 0) is 12.2 Å². The first-order chi connectivity index (χ1) is 5.36. The third-order valence-corrected chi connectivity index (χ3v) is 1.67. The van der Waals surface area contributed by atoms with Gasteiger partial charge in [-0.25, -0.2) is 0 Å². The van der Waals surface area contributed by atoms with E-state index in [1.807, 2.05) is 36.1 Å². The third-order valence-electron chi connectivity index (χ3n) is 1.67. The highest BCUT2D eigenvalue weighted by atomic mass is 14.9. The van der Waals surface area contributed by atoms with E-state index in [0.29, 0.717) is 0 Å². The van der Waals surface area contributed by atoms with Crippen molar-refractivity contribution in [2.45, 2.75) is 0 Å². The number of allylic oxidation sites excluding steroid dienone is 5. The van der Waals surface area contributed by atoms with Crippen LogP contribution in [-0.2, 0) is 0 Å². The number of nitrogens with zero attached hydrogens (tertiary/aromatic N) is 1. The number of fused-ring (bicyclic) bond motifs is 1. The first-order valence-corrected chi connectivity index (χ1v) is 3.54. The summed E-state index contributed by atoms with van der Waals surface area (Å²) in [5, 5.41) is 0. The van der Waals surface area contributed by atoms with E-state index in [0.717, 1.165) is 5.57 Å². The molecule has 1 nitrogen and oxygen atoms in total. The Balaban J connectivity index is 2.69. The van der Waals surface area contributed by atoms with Crippen LogP contribution >= 0.6 is 0 Å². The molecule has 0 N–H and O–H groups in total. The van der Waals surface area contributed by atoms with E-state index in [4.69, 9.17) is 0 Å². The lowest BCUT2D eigenvalue weighted by Crippen LogP contribution is -2.01. The Morgan fingerprint density at radius 3 is 3.27 bits per heavy atom. The van der Waals surface area contributed by atoms with Gasteiger partial charge in [-0.15, -0.1) is 5.73 Å². The third kappa shape index (κ3) is 1.03. The first-order valence-electron chi connectivity index (χ1n) is 3.54. The van der Waals surface area contributed by atoms with Crippen LogP contribution in [0.2, 0.25) is 0 Å². The standard InChI is InChI=1S/C10H8N/c1-11-7-6-9-4-2-3-5-10(9)8-11/h2,4-7H,1H3/q+1. The molecular formula is C10H8N+. The fraction of sp³-hybridized carbons (Fsp3) is 0.100. The quantitative estimate of drug-likeness (QED) is 0.355. The lowest BCUT2D eigenvalue weighted by Gasteiger charge is -2.00. The lowest BCUT2D eigenvalue weighted by atomic mass is 10.0. The van der Waals surface area contributed by atoms with Crippen molar-refractivity contribution in [1.29, 1.82) is 0 Å². The van der Waals surface area contributed by atoms with Crippen LogP contribution < -0.4 is 0 Å². The molecule has 0 saturated heterocycles. The van der Waals surface area contributed by atoms with Crippen molar-refractivity contribution in [3.8, 4) is 0 Å². The molecule has 0 aromatic carbocycles. The molecule has 52 valence electrons. The maximum atomic E-state index is 3.18. The molecule has 0 aromatic rings. The number of rotatable bonds is 0. The van der Waals surface area contributed by atoms with Gasteiger partial charge in [0.15, 0.2) is 12.1 Å². The summed E-state index contributed by atoms with van der Waals surface area (Å²) in [5.74, 6) is 3.18. The van der Waals surface area contributed by atoms with Gasteiger partial charge in [-0.2, -0.15) is 4.58 Å². The number of hydrogen-bond donors (Lipinski definition) is 0. The Morgan fingerprint density at radius 1 is 1.45 bits per heavy atom. The maximum absolute atomic E-state index is 3.18. The van der Waals surface area contributed by atoms with E-state index in [2.05, 4.69) is 17.7 Å². The van der Waals surface area contributed by atoms with Crippen LogP contribution in [0.25, 0.3) is 0 Å². The van der Waals surface area contributed by atoms with E-state index >= 15 is 0 Å². The van der Waals surface area contributed by atoms with Gasteiger partial charge >= 0.3 is 0 Å². The van der Waals surface area contributed by atoms with Crippen LogP contribution in [0, 0.1) is 0 Å². The van der Waals surface area contributed by atoms with Gasteiger partial charge < -0.3 is 0 Å². The van der Waals surface area contributed by atoms with Crippen molar-refractivity contribution < 1.29 is 4.58 Å². The maximum Gasteiger partial charge on any atom is 0.182 e. The normalized spacial score (nSPS) is 18.8. The van der Waals surface area contributed by atoms with Crippen LogP contribution in [0.4, 0.5) is 0 Å². The van der Waals surface area contributed by atoms with Crippen LogP contribution in [0.3, 0.4) is 0 Å². The van der Waals surface area contributed by atoms with Gasteiger partial charge in [0.05, 0.1) is 5.57 Å². The van der Waals surface area contributed by atoms with Gasteiger partial charge in [0.1, 0.15) is 7.05 Å². The zero-order chi connectivity index (χ0) is 7.68. The largest absolute Gasteiger partial charge is 0.182 e. The van der Waals surface area contributed by atoms with Crippen LogP contribution in [0.5, 0.6) is 0 Å². The molecule has 1 heterocycles. The molecule has 11 heavy (non-hydrogen) atoms. The summed E-state index contributed by atoms with van der Waals surface area (Å²) < 4.78 is 1.91. The predicted octanol–water partition coefficient (Wildman–Crippen LogP) is 1.40. The second-order valence-electron chi connectivity index (χ2n) is 2.55. The SMILES string of the molecule is C[N+]1=C=C2C=C=CC=C2C=C1. The summed E-state index contributed by atoms with van der Waals surface area (Å²) in [6.45, 7) is 0. The minimum Gasteiger partial charge on any atom is -0.159 e. The first kappa shape index (κ1) is 6.18. The van der Waals surface area contributed by atoms with E-state index < -0.39 is 0 Å². The molecule has 0 fully saturated rings. The predicted molar refractivity (Wildman–Crippen MR) is 44.6 cm³/mol. The van der Waals surface area contributed by atoms with Crippen molar-refractivity contribution in [2.75, 3.05) is 7.05 Å². The summed E-state index contributed by atoms with van der Waals surface area (Å²) in [6.07, 6.45) is 9.94.